The van der Waals surface area contributed by atoms with Gasteiger partial charge in [-0.2, -0.15) is 0 Å². The summed E-state index contributed by atoms with van der Waals surface area (Å²) >= 11 is 2.97. The molecule has 1 atom stereocenters. The Morgan fingerprint density at radius 2 is 1.81 bits per heavy atom. The highest BCUT2D eigenvalue weighted by molar-refractivity contribution is 9.10. The first-order chi connectivity index (χ1) is 10.0. The number of nitrogens with two attached hydrogens (primary N) is 1. The van der Waals surface area contributed by atoms with Crippen LogP contribution in [0, 0.1) is 17.5 Å². The molecule has 0 radical (unpaired) electrons. The minimum Gasteiger partial charge on any atom is -0.494 e. The van der Waals surface area contributed by atoms with Gasteiger partial charge < -0.3 is 4.74 Å². The molecule has 2 rings (SSSR count). The van der Waals surface area contributed by atoms with Crippen molar-refractivity contribution >= 4 is 15.9 Å². The van der Waals surface area contributed by atoms with E-state index in [0.29, 0.717) is 0 Å². The second kappa shape index (κ2) is 6.46. The van der Waals surface area contributed by atoms with E-state index in [1.54, 1.807) is 6.07 Å². The lowest BCUT2D eigenvalue weighted by molar-refractivity contribution is 0.381. The highest BCUT2D eigenvalue weighted by Gasteiger charge is 2.23. The van der Waals surface area contributed by atoms with Gasteiger partial charge in [-0.05, 0) is 33.6 Å². The van der Waals surface area contributed by atoms with Gasteiger partial charge in [0.05, 0.1) is 17.6 Å². The van der Waals surface area contributed by atoms with Crippen molar-refractivity contribution in [3.8, 4) is 5.75 Å². The van der Waals surface area contributed by atoms with Gasteiger partial charge in [-0.25, -0.2) is 18.6 Å². The van der Waals surface area contributed by atoms with Crippen LogP contribution in [-0.2, 0) is 0 Å². The van der Waals surface area contributed by atoms with Crippen LogP contribution in [0.4, 0.5) is 13.2 Å². The molecule has 0 aliphatic carbocycles. The number of hydrazine groups is 1. The van der Waals surface area contributed by atoms with Crippen molar-refractivity contribution in [1.29, 1.82) is 0 Å². The molecule has 3 N–H and O–H groups in total. The zero-order chi connectivity index (χ0) is 15.6. The summed E-state index contributed by atoms with van der Waals surface area (Å²) in [6, 6.07) is 5.92. The predicted molar refractivity (Wildman–Crippen MR) is 76.2 cm³/mol. The van der Waals surface area contributed by atoms with Gasteiger partial charge in [0.15, 0.2) is 23.2 Å². The number of hydrogen-bond acceptors (Lipinski definition) is 3. The molecule has 7 heteroatoms. The topological polar surface area (TPSA) is 47.3 Å². The van der Waals surface area contributed by atoms with Crippen LogP contribution in [0.3, 0.4) is 0 Å². The van der Waals surface area contributed by atoms with Crippen molar-refractivity contribution in [3.05, 3.63) is 63.4 Å². The zero-order valence-electron chi connectivity index (χ0n) is 11.0. The van der Waals surface area contributed by atoms with Crippen molar-refractivity contribution in [2.24, 2.45) is 5.84 Å². The quantitative estimate of drug-likeness (QED) is 0.498. The van der Waals surface area contributed by atoms with Crippen LogP contribution in [0.2, 0.25) is 0 Å². The van der Waals surface area contributed by atoms with Crippen molar-refractivity contribution < 1.29 is 17.9 Å². The van der Waals surface area contributed by atoms with Gasteiger partial charge in [-0.15, -0.1) is 0 Å². The number of hydrogen-bond donors (Lipinski definition) is 2. The van der Waals surface area contributed by atoms with Gasteiger partial charge in [0.1, 0.15) is 0 Å². The zero-order valence-corrected chi connectivity index (χ0v) is 12.5. The number of benzene rings is 2. The molecule has 112 valence electrons. The van der Waals surface area contributed by atoms with E-state index in [9.17, 15) is 13.2 Å². The average molecular weight is 361 g/mol. The Morgan fingerprint density at radius 1 is 1.10 bits per heavy atom. The largest absolute Gasteiger partial charge is 0.494 e. The summed E-state index contributed by atoms with van der Waals surface area (Å²) in [5, 5.41) is 0. The maximum atomic E-state index is 14.3. The molecule has 0 bridgehead atoms. The second-order valence-corrected chi connectivity index (χ2v) is 5.02. The second-order valence-electron chi connectivity index (χ2n) is 4.23. The minimum atomic E-state index is -1.06. The molecule has 0 amide bonds. The Morgan fingerprint density at radius 3 is 2.43 bits per heavy atom. The Bertz CT molecular complexity index is 667. The lowest BCUT2D eigenvalue weighted by Crippen LogP contribution is -2.30. The fourth-order valence-electron chi connectivity index (χ4n) is 2.02. The normalized spacial score (nSPS) is 12.3. The Labute approximate surface area is 128 Å². The van der Waals surface area contributed by atoms with Crippen molar-refractivity contribution in [2.45, 2.75) is 6.04 Å². The summed E-state index contributed by atoms with van der Waals surface area (Å²) in [4.78, 5) is 0. The Balaban J connectivity index is 2.58. The van der Waals surface area contributed by atoms with Crippen LogP contribution < -0.4 is 16.0 Å². The van der Waals surface area contributed by atoms with Crippen LogP contribution >= 0.6 is 15.9 Å². The fourth-order valence-corrected chi connectivity index (χ4v) is 2.57. The molecule has 21 heavy (non-hydrogen) atoms. The molecule has 0 aliphatic rings. The van der Waals surface area contributed by atoms with E-state index in [1.165, 1.54) is 25.3 Å². The highest BCUT2D eigenvalue weighted by Crippen LogP contribution is 2.34. The van der Waals surface area contributed by atoms with Crippen molar-refractivity contribution in [1.82, 2.24) is 5.43 Å². The first kappa shape index (κ1) is 15.8. The molecular formula is C14H12BrF3N2O. The summed E-state index contributed by atoms with van der Waals surface area (Å²) in [5.74, 6) is 2.80. The number of halogens is 4. The molecule has 3 nitrogen and oxygen atoms in total. The van der Waals surface area contributed by atoms with Crippen LogP contribution in [0.1, 0.15) is 17.2 Å². The molecule has 0 fully saturated rings. The Kier molecular flexibility index (Phi) is 4.87. The number of methoxy groups -OCH3 is 1. The van der Waals surface area contributed by atoms with E-state index in [1.807, 2.05) is 0 Å². The minimum absolute atomic E-state index is 0.0338. The Hall–Kier alpha value is -1.57. The molecule has 2 aromatic carbocycles. The maximum absolute atomic E-state index is 14.3. The van der Waals surface area contributed by atoms with Gasteiger partial charge in [0.2, 0.25) is 0 Å². The van der Waals surface area contributed by atoms with Gasteiger partial charge in [0.25, 0.3) is 0 Å². The lowest BCUT2D eigenvalue weighted by Gasteiger charge is -2.20. The molecule has 0 saturated heterocycles. The molecule has 0 aromatic heterocycles. The molecule has 0 heterocycles. The third-order valence-corrected chi connectivity index (χ3v) is 3.87. The smallest absolute Gasteiger partial charge is 0.173 e. The monoisotopic (exact) mass is 360 g/mol. The maximum Gasteiger partial charge on any atom is 0.173 e. The van der Waals surface area contributed by atoms with E-state index < -0.39 is 23.5 Å². The lowest BCUT2D eigenvalue weighted by atomic mass is 9.98. The summed E-state index contributed by atoms with van der Waals surface area (Å²) in [7, 11) is 1.33. The third kappa shape index (κ3) is 2.90. The van der Waals surface area contributed by atoms with E-state index in [-0.39, 0.29) is 21.3 Å². The predicted octanol–water partition coefficient (Wildman–Crippen LogP) is 3.43. The summed E-state index contributed by atoms with van der Waals surface area (Å²) < 4.78 is 45.9. The van der Waals surface area contributed by atoms with Crippen LogP contribution in [-0.4, -0.2) is 7.11 Å². The van der Waals surface area contributed by atoms with E-state index in [4.69, 9.17) is 10.6 Å². The van der Waals surface area contributed by atoms with E-state index in [0.717, 1.165) is 6.07 Å². The first-order valence-corrected chi connectivity index (χ1v) is 6.72. The summed E-state index contributed by atoms with van der Waals surface area (Å²) in [6.07, 6.45) is 0. The van der Waals surface area contributed by atoms with Crippen LogP contribution in [0.5, 0.6) is 5.75 Å². The van der Waals surface area contributed by atoms with Gasteiger partial charge in [-0.1, -0.05) is 18.2 Å². The molecule has 2 aromatic rings. The number of ether oxygens (including phenoxy) is 1. The van der Waals surface area contributed by atoms with Gasteiger partial charge in [-0.3, -0.25) is 5.84 Å². The average Bonchev–Trinajstić information content (AvgIpc) is 2.49. The van der Waals surface area contributed by atoms with E-state index >= 15 is 0 Å². The highest BCUT2D eigenvalue weighted by atomic mass is 79.9. The summed E-state index contributed by atoms with van der Waals surface area (Å²) in [6.45, 7) is 0. The van der Waals surface area contributed by atoms with Crippen LogP contribution in [0.15, 0.2) is 34.8 Å². The standard InChI is InChI=1S/C14H12BrF3N2O/c1-21-10-4-2-3-8(12(10)17)14(20-19)7-5-6-9(16)13(18)11(7)15/h2-6,14,20H,19H2,1H3. The van der Waals surface area contributed by atoms with Crippen molar-refractivity contribution in [2.75, 3.05) is 7.11 Å². The fraction of sp³-hybridized carbons (Fsp3) is 0.143. The third-order valence-electron chi connectivity index (χ3n) is 3.07. The molecule has 1 unspecified atom stereocenters. The van der Waals surface area contributed by atoms with Crippen molar-refractivity contribution in [3.63, 3.8) is 0 Å². The summed E-state index contributed by atoms with van der Waals surface area (Å²) in [5.41, 5.74) is 2.82. The van der Waals surface area contributed by atoms with Crippen LogP contribution in [0.25, 0.3) is 0 Å². The molecular weight excluding hydrogens is 349 g/mol. The molecule has 0 aliphatic heterocycles. The van der Waals surface area contributed by atoms with Gasteiger partial charge >= 0.3 is 0 Å². The number of nitrogens with one attached hydrogen (secondary N) is 1. The van der Waals surface area contributed by atoms with E-state index in [2.05, 4.69) is 21.4 Å². The molecule has 0 saturated carbocycles. The first-order valence-electron chi connectivity index (χ1n) is 5.93. The number of rotatable bonds is 4. The molecule has 0 spiro atoms. The van der Waals surface area contributed by atoms with Gasteiger partial charge in [0, 0.05) is 5.56 Å². The SMILES string of the molecule is COc1cccc(C(NN)c2ccc(F)c(F)c2Br)c1F.